The van der Waals surface area contributed by atoms with Gasteiger partial charge < -0.3 is 0 Å². The lowest BCUT2D eigenvalue weighted by Gasteiger charge is -2.50. The zero-order valence-electron chi connectivity index (χ0n) is 27.5. The first kappa shape index (κ1) is 27.5. The summed E-state index contributed by atoms with van der Waals surface area (Å²) in [6.07, 6.45) is 6.97. The SMILES string of the molecule is CCC1(C(C)C2Cc3cccc4c3-c3c(ccc[n+]32)C4(C)C)c2ccc(-c3ccccc3)c3sc4cc(C)c[n+](c4c23)C1(C)C. The topological polar surface area (TPSA) is 7.76 Å². The van der Waals surface area contributed by atoms with Crippen LogP contribution in [0.2, 0.25) is 0 Å². The molecule has 0 saturated heterocycles. The Kier molecular flexibility index (Phi) is 5.45. The molecule has 2 nitrogen and oxygen atoms in total. The summed E-state index contributed by atoms with van der Waals surface area (Å²) in [4.78, 5) is 0. The van der Waals surface area contributed by atoms with Crippen LogP contribution in [0, 0.1) is 12.8 Å². The van der Waals surface area contributed by atoms with Crippen LogP contribution in [0.5, 0.6) is 0 Å². The molecule has 1 aliphatic carbocycles. The number of benzene rings is 3. The second-order valence-corrected chi connectivity index (χ2v) is 16.1. The predicted molar refractivity (Wildman–Crippen MR) is 187 cm³/mol. The smallest absolute Gasteiger partial charge is 0.195 e. The molecule has 3 heteroatoms. The summed E-state index contributed by atoms with van der Waals surface area (Å²) in [5.41, 5.74) is 14.2. The minimum atomic E-state index is -0.138. The maximum absolute atomic E-state index is 2.70. The number of pyridine rings is 2. The molecule has 0 fully saturated rings. The van der Waals surface area contributed by atoms with E-state index in [4.69, 9.17) is 0 Å². The highest BCUT2D eigenvalue weighted by Gasteiger charge is 2.63. The highest BCUT2D eigenvalue weighted by atomic mass is 32.1. The molecule has 9 rings (SSSR count). The highest BCUT2D eigenvalue weighted by Crippen LogP contribution is 2.59. The van der Waals surface area contributed by atoms with Crippen molar-refractivity contribution in [1.82, 2.24) is 0 Å². The molecule has 3 aliphatic rings. The van der Waals surface area contributed by atoms with Crippen molar-refractivity contribution in [3.8, 4) is 22.4 Å². The molecule has 3 aromatic heterocycles. The van der Waals surface area contributed by atoms with E-state index in [-0.39, 0.29) is 16.4 Å². The number of nitrogens with zero attached hydrogens (tertiary/aromatic N) is 2. The molecule has 224 valence electrons. The lowest BCUT2D eigenvalue weighted by Crippen LogP contribution is -2.70. The van der Waals surface area contributed by atoms with Crippen LogP contribution in [0.1, 0.15) is 81.8 Å². The number of thiophene rings is 1. The molecule has 3 atom stereocenters. The Balaban J connectivity index is 1.34. The first-order chi connectivity index (χ1) is 21.6. The monoisotopic (exact) mass is 606 g/mol. The molecule has 3 unspecified atom stereocenters. The Labute approximate surface area is 271 Å². The van der Waals surface area contributed by atoms with Gasteiger partial charge in [-0.3, -0.25) is 0 Å². The normalized spacial score (nSPS) is 22.2. The molecule has 0 saturated carbocycles. The second-order valence-electron chi connectivity index (χ2n) is 15.0. The van der Waals surface area contributed by atoms with Gasteiger partial charge >= 0.3 is 0 Å². The fraction of sp³-hybridized carbons (Fsp3) is 0.333. The number of aromatic nitrogens is 2. The summed E-state index contributed by atoms with van der Waals surface area (Å²) >= 11 is 1.99. The molecule has 6 aromatic rings. The van der Waals surface area contributed by atoms with Gasteiger partial charge in [0.05, 0.1) is 16.4 Å². The molecular formula is C42H42N2S+2. The third-order valence-corrected chi connectivity index (χ3v) is 13.6. The minimum Gasteiger partial charge on any atom is -0.195 e. The summed E-state index contributed by atoms with van der Waals surface area (Å²) in [5, 5.41) is 1.48. The number of aryl methyl sites for hydroxylation is 1. The Morgan fingerprint density at radius 1 is 0.889 bits per heavy atom. The van der Waals surface area contributed by atoms with E-state index in [0.717, 1.165) is 12.8 Å². The quantitative estimate of drug-likeness (QED) is 0.177. The Bertz CT molecular complexity index is 2220. The minimum absolute atomic E-state index is 0.0163. The lowest BCUT2D eigenvalue weighted by atomic mass is 9.54. The third kappa shape index (κ3) is 3.21. The highest BCUT2D eigenvalue weighted by molar-refractivity contribution is 7.26. The summed E-state index contributed by atoms with van der Waals surface area (Å²) in [5.74, 6) is 0.372. The molecule has 0 N–H and O–H groups in total. The zero-order chi connectivity index (χ0) is 31.0. The van der Waals surface area contributed by atoms with Gasteiger partial charge in [0, 0.05) is 53.5 Å². The third-order valence-electron chi connectivity index (χ3n) is 12.5. The largest absolute Gasteiger partial charge is 0.232 e. The Morgan fingerprint density at radius 3 is 2.44 bits per heavy atom. The Morgan fingerprint density at radius 2 is 1.67 bits per heavy atom. The average molecular weight is 607 g/mol. The predicted octanol–water partition coefficient (Wildman–Crippen LogP) is 9.74. The van der Waals surface area contributed by atoms with E-state index in [9.17, 15) is 0 Å². The van der Waals surface area contributed by atoms with Crippen LogP contribution >= 0.6 is 11.3 Å². The van der Waals surface area contributed by atoms with Crippen molar-refractivity contribution in [2.75, 3.05) is 0 Å². The van der Waals surface area contributed by atoms with Crippen LogP contribution in [0.3, 0.4) is 0 Å². The molecule has 0 spiro atoms. The van der Waals surface area contributed by atoms with Crippen molar-refractivity contribution in [2.45, 2.75) is 83.7 Å². The van der Waals surface area contributed by atoms with E-state index < -0.39 is 0 Å². The van der Waals surface area contributed by atoms with E-state index in [1.807, 2.05) is 11.3 Å². The molecule has 0 radical (unpaired) electrons. The van der Waals surface area contributed by atoms with E-state index in [0.29, 0.717) is 12.0 Å². The van der Waals surface area contributed by atoms with Gasteiger partial charge in [0.15, 0.2) is 24.0 Å². The van der Waals surface area contributed by atoms with Crippen molar-refractivity contribution in [3.63, 3.8) is 0 Å². The Hall–Kier alpha value is -3.82. The first-order valence-corrected chi connectivity index (χ1v) is 17.6. The van der Waals surface area contributed by atoms with Crippen LogP contribution in [0.25, 0.3) is 42.7 Å². The maximum Gasteiger partial charge on any atom is 0.232 e. The van der Waals surface area contributed by atoms with Crippen molar-refractivity contribution in [2.24, 2.45) is 5.92 Å². The molecule has 45 heavy (non-hydrogen) atoms. The van der Waals surface area contributed by atoms with E-state index >= 15 is 0 Å². The molecule has 0 bridgehead atoms. The van der Waals surface area contributed by atoms with Gasteiger partial charge in [-0.1, -0.05) is 88.4 Å². The van der Waals surface area contributed by atoms with Crippen LogP contribution in [0.4, 0.5) is 0 Å². The van der Waals surface area contributed by atoms with Crippen molar-refractivity contribution in [3.05, 3.63) is 119 Å². The van der Waals surface area contributed by atoms with Crippen LogP contribution in [0.15, 0.2) is 91.3 Å². The second kappa shape index (κ2) is 8.91. The van der Waals surface area contributed by atoms with Crippen LogP contribution < -0.4 is 9.13 Å². The summed E-state index contributed by atoms with van der Waals surface area (Å²) in [7, 11) is 0. The molecule has 3 aromatic carbocycles. The van der Waals surface area contributed by atoms with Crippen molar-refractivity contribution in [1.29, 1.82) is 0 Å². The molecule has 2 aliphatic heterocycles. The van der Waals surface area contributed by atoms with E-state index in [1.54, 1.807) is 5.56 Å². The average Bonchev–Trinajstić information content (AvgIpc) is 3.53. The van der Waals surface area contributed by atoms with Gasteiger partial charge in [-0.05, 0) is 53.3 Å². The standard InChI is InChI=1S/C42H42N2S/c1-8-42(26(3)33-23-28-16-12-17-30-35(28)37-32(40(30,4)5)18-13-21-43(33)37)31-20-19-29(27-14-10-9-11-15-27)39-36(31)38-34(45-39)22-25(2)24-44(38)41(42,6)7/h9-22,24,26,33H,8,23H2,1-7H3/q+2. The molecule has 0 amide bonds. The molecular weight excluding hydrogens is 565 g/mol. The van der Waals surface area contributed by atoms with E-state index in [1.165, 1.54) is 64.9 Å². The van der Waals surface area contributed by atoms with Gasteiger partial charge in [0.25, 0.3) is 0 Å². The summed E-state index contributed by atoms with van der Waals surface area (Å²) < 4.78 is 8.22. The number of rotatable bonds is 4. The van der Waals surface area contributed by atoms with Crippen LogP contribution in [-0.4, -0.2) is 0 Å². The van der Waals surface area contributed by atoms with Crippen LogP contribution in [-0.2, 0) is 22.8 Å². The molecule has 5 heterocycles. The first-order valence-electron chi connectivity index (χ1n) is 16.8. The zero-order valence-corrected chi connectivity index (χ0v) is 28.3. The lowest BCUT2D eigenvalue weighted by molar-refractivity contribution is -0.758. The summed E-state index contributed by atoms with van der Waals surface area (Å²) in [6.45, 7) is 17.2. The fourth-order valence-corrected chi connectivity index (χ4v) is 11.7. The van der Waals surface area contributed by atoms with Crippen molar-refractivity contribution < 1.29 is 9.13 Å². The van der Waals surface area contributed by atoms with Crippen molar-refractivity contribution >= 4 is 31.6 Å². The van der Waals surface area contributed by atoms with Gasteiger partial charge in [0.1, 0.15) is 4.70 Å². The van der Waals surface area contributed by atoms with Gasteiger partial charge in [-0.2, -0.15) is 9.13 Å². The van der Waals surface area contributed by atoms with E-state index in [2.05, 4.69) is 149 Å². The fourth-order valence-electron chi connectivity index (χ4n) is 10.4. The summed E-state index contributed by atoms with van der Waals surface area (Å²) in [6, 6.07) is 30.5. The number of hydrogen-bond donors (Lipinski definition) is 0. The maximum atomic E-state index is 2.70. The van der Waals surface area contributed by atoms with Gasteiger partial charge in [0.2, 0.25) is 11.2 Å². The van der Waals surface area contributed by atoms with Gasteiger partial charge in [-0.15, -0.1) is 11.3 Å². The van der Waals surface area contributed by atoms with Gasteiger partial charge in [-0.25, -0.2) is 0 Å². The number of hydrogen-bond acceptors (Lipinski definition) is 1.